The lowest BCUT2D eigenvalue weighted by Gasteiger charge is -2.28. The average Bonchev–Trinajstić information content (AvgIpc) is 3.31. The number of fused-ring (bicyclic) bond motifs is 1. The molecule has 2 heterocycles. The first-order valence-corrected chi connectivity index (χ1v) is 12.8. The van der Waals surface area contributed by atoms with Crippen molar-refractivity contribution in [3.05, 3.63) is 86.6 Å². The lowest BCUT2D eigenvalue weighted by Crippen LogP contribution is -2.47. The van der Waals surface area contributed by atoms with Crippen molar-refractivity contribution in [2.45, 2.75) is 46.7 Å². The van der Waals surface area contributed by atoms with Gasteiger partial charge in [0.1, 0.15) is 6.04 Å². The van der Waals surface area contributed by atoms with E-state index >= 15 is 0 Å². The van der Waals surface area contributed by atoms with Crippen LogP contribution in [0.3, 0.4) is 0 Å². The SMILES string of the molecule is Cc1ccccc1C(=O)NC(C(=O)Nc1cccc(C(=O)N2CCc3sccc3C2)c1C)C(C)C. The molecule has 1 atom stereocenters. The second-order valence-corrected chi connectivity index (χ2v) is 10.3. The van der Waals surface area contributed by atoms with Crippen LogP contribution in [0.2, 0.25) is 0 Å². The van der Waals surface area contributed by atoms with E-state index in [1.54, 1.807) is 41.7 Å². The molecule has 0 saturated carbocycles. The number of rotatable bonds is 6. The van der Waals surface area contributed by atoms with Gasteiger partial charge in [-0.25, -0.2) is 0 Å². The highest BCUT2D eigenvalue weighted by Gasteiger charge is 2.27. The number of thiophene rings is 1. The number of carbonyl (C=O) groups is 3. The Balaban J connectivity index is 1.49. The zero-order valence-corrected chi connectivity index (χ0v) is 21.4. The molecule has 2 N–H and O–H groups in total. The molecule has 182 valence electrons. The third-order valence-electron chi connectivity index (χ3n) is 6.54. The van der Waals surface area contributed by atoms with Crippen molar-refractivity contribution in [2.24, 2.45) is 5.92 Å². The Morgan fingerprint density at radius 3 is 2.46 bits per heavy atom. The van der Waals surface area contributed by atoms with Gasteiger partial charge < -0.3 is 15.5 Å². The molecular weight excluding hydrogens is 458 g/mol. The van der Waals surface area contributed by atoms with Gasteiger partial charge in [-0.1, -0.05) is 38.1 Å². The molecule has 3 amide bonds. The minimum absolute atomic E-state index is 0.0382. The summed E-state index contributed by atoms with van der Waals surface area (Å²) in [4.78, 5) is 42.6. The average molecular weight is 490 g/mol. The smallest absolute Gasteiger partial charge is 0.254 e. The molecule has 3 aromatic rings. The Hall–Kier alpha value is -3.45. The van der Waals surface area contributed by atoms with E-state index in [1.807, 2.05) is 44.7 Å². The number of aryl methyl sites for hydroxylation is 1. The summed E-state index contributed by atoms with van der Waals surface area (Å²) in [6.07, 6.45) is 0.866. The Bertz CT molecular complexity index is 1260. The van der Waals surface area contributed by atoms with Crippen LogP contribution in [-0.2, 0) is 17.8 Å². The molecule has 0 aliphatic carbocycles. The molecule has 1 aliphatic rings. The van der Waals surface area contributed by atoms with Crippen molar-refractivity contribution in [1.82, 2.24) is 10.2 Å². The quantitative estimate of drug-likeness (QED) is 0.514. The predicted octanol–water partition coefficient (Wildman–Crippen LogP) is 4.96. The van der Waals surface area contributed by atoms with E-state index in [4.69, 9.17) is 0 Å². The fourth-order valence-corrected chi connectivity index (χ4v) is 5.28. The first-order chi connectivity index (χ1) is 16.8. The van der Waals surface area contributed by atoms with Crippen molar-refractivity contribution >= 4 is 34.7 Å². The van der Waals surface area contributed by atoms with E-state index in [0.29, 0.717) is 29.9 Å². The monoisotopic (exact) mass is 489 g/mol. The highest BCUT2D eigenvalue weighted by Crippen LogP contribution is 2.27. The molecule has 2 aromatic carbocycles. The zero-order valence-electron chi connectivity index (χ0n) is 20.6. The summed E-state index contributed by atoms with van der Waals surface area (Å²) in [7, 11) is 0. The molecule has 1 unspecified atom stereocenters. The molecular formula is C28H31N3O3S. The molecule has 1 aromatic heterocycles. The van der Waals surface area contributed by atoms with Gasteiger partial charge in [-0.3, -0.25) is 14.4 Å². The zero-order chi connectivity index (χ0) is 25.1. The van der Waals surface area contributed by atoms with Gasteiger partial charge in [0.2, 0.25) is 5.91 Å². The first kappa shape index (κ1) is 24.7. The number of nitrogens with zero attached hydrogens (tertiary/aromatic N) is 1. The van der Waals surface area contributed by atoms with Crippen LogP contribution in [0.15, 0.2) is 53.9 Å². The number of nitrogens with one attached hydrogen (secondary N) is 2. The highest BCUT2D eigenvalue weighted by molar-refractivity contribution is 7.10. The topological polar surface area (TPSA) is 78.5 Å². The third kappa shape index (κ3) is 5.30. The van der Waals surface area contributed by atoms with Crippen LogP contribution >= 0.6 is 11.3 Å². The van der Waals surface area contributed by atoms with E-state index in [2.05, 4.69) is 22.1 Å². The number of anilines is 1. The van der Waals surface area contributed by atoms with Gasteiger partial charge in [0, 0.05) is 34.8 Å². The molecule has 1 aliphatic heterocycles. The third-order valence-corrected chi connectivity index (χ3v) is 7.57. The highest BCUT2D eigenvalue weighted by atomic mass is 32.1. The van der Waals surface area contributed by atoms with Gasteiger partial charge in [-0.15, -0.1) is 11.3 Å². The largest absolute Gasteiger partial charge is 0.340 e. The number of hydrogen-bond acceptors (Lipinski definition) is 4. The molecule has 4 rings (SSSR count). The molecule has 0 saturated heterocycles. The Morgan fingerprint density at radius 1 is 0.971 bits per heavy atom. The lowest BCUT2D eigenvalue weighted by molar-refractivity contribution is -0.118. The maximum Gasteiger partial charge on any atom is 0.254 e. The minimum Gasteiger partial charge on any atom is -0.340 e. The summed E-state index contributed by atoms with van der Waals surface area (Å²) in [5, 5.41) is 7.91. The van der Waals surface area contributed by atoms with Crippen LogP contribution in [0, 0.1) is 19.8 Å². The van der Waals surface area contributed by atoms with Crippen LogP contribution in [0.4, 0.5) is 5.69 Å². The van der Waals surface area contributed by atoms with Gasteiger partial charge in [-0.2, -0.15) is 0 Å². The van der Waals surface area contributed by atoms with E-state index in [-0.39, 0.29) is 23.6 Å². The molecule has 0 bridgehead atoms. The summed E-state index contributed by atoms with van der Waals surface area (Å²) in [5.41, 5.74) is 4.47. The molecule has 7 heteroatoms. The van der Waals surface area contributed by atoms with Crippen molar-refractivity contribution in [2.75, 3.05) is 11.9 Å². The van der Waals surface area contributed by atoms with Crippen molar-refractivity contribution in [3.8, 4) is 0 Å². The summed E-state index contributed by atoms with van der Waals surface area (Å²) >= 11 is 1.74. The summed E-state index contributed by atoms with van der Waals surface area (Å²) in [6, 6.07) is 14.0. The molecule has 6 nitrogen and oxygen atoms in total. The Labute approximate surface area is 210 Å². The Kier molecular flexibility index (Phi) is 7.36. The Morgan fingerprint density at radius 2 is 1.71 bits per heavy atom. The number of carbonyl (C=O) groups excluding carboxylic acids is 3. The summed E-state index contributed by atoms with van der Waals surface area (Å²) < 4.78 is 0. The molecule has 35 heavy (non-hydrogen) atoms. The predicted molar refractivity (Wildman–Crippen MR) is 140 cm³/mol. The lowest BCUT2D eigenvalue weighted by atomic mass is 10.0. The van der Waals surface area contributed by atoms with Gasteiger partial charge >= 0.3 is 0 Å². The van der Waals surface area contributed by atoms with E-state index < -0.39 is 6.04 Å². The second kappa shape index (κ2) is 10.4. The van der Waals surface area contributed by atoms with E-state index in [1.165, 1.54) is 10.4 Å². The first-order valence-electron chi connectivity index (χ1n) is 11.9. The van der Waals surface area contributed by atoms with Crippen molar-refractivity contribution < 1.29 is 14.4 Å². The molecule has 0 spiro atoms. The van der Waals surface area contributed by atoms with Gasteiger partial charge in [0.15, 0.2) is 0 Å². The summed E-state index contributed by atoms with van der Waals surface area (Å²) in [6.45, 7) is 8.79. The number of benzene rings is 2. The van der Waals surface area contributed by atoms with Crippen LogP contribution in [-0.4, -0.2) is 35.2 Å². The van der Waals surface area contributed by atoms with Crippen LogP contribution in [0.1, 0.15) is 56.1 Å². The molecule has 0 radical (unpaired) electrons. The normalized spacial score (nSPS) is 13.8. The maximum absolute atomic E-state index is 13.3. The van der Waals surface area contributed by atoms with E-state index in [0.717, 1.165) is 17.5 Å². The summed E-state index contributed by atoms with van der Waals surface area (Å²) in [5.74, 6) is -0.754. The van der Waals surface area contributed by atoms with Crippen LogP contribution in [0.5, 0.6) is 0 Å². The van der Waals surface area contributed by atoms with Gasteiger partial charge in [-0.05, 0) is 72.5 Å². The second-order valence-electron chi connectivity index (χ2n) is 9.32. The van der Waals surface area contributed by atoms with Crippen LogP contribution in [0.25, 0.3) is 0 Å². The molecule has 0 fully saturated rings. The number of amides is 3. The van der Waals surface area contributed by atoms with Gasteiger partial charge in [0.25, 0.3) is 11.8 Å². The fourth-order valence-electron chi connectivity index (χ4n) is 4.39. The fraction of sp³-hybridized carbons (Fsp3) is 0.321. The van der Waals surface area contributed by atoms with Gasteiger partial charge in [0.05, 0.1) is 0 Å². The minimum atomic E-state index is -0.722. The van der Waals surface area contributed by atoms with E-state index in [9.17, 15) is 14.4 Å². The van der Waals surface area contributed by atoms with Crippen molar-refractivity contribution in [3.63, 3.8) is 0 Å². The standard InChI is InChI=1S/C28H31N3O3S/c1-17(2)25(30-26(32)21-9-6-5-8-18(21)3)27(33)29-23-11-7-10-22(19(23)4)28(34)31-14-12-24-20(16-31)13-15-35-24/h5-11,13,15,17,25H,12,14,16H2,1-4H3,(H,29,33)(H,30,32). The van der Waals surface area contributed by atoms with Crippen LogP contribution < -0.4 is 10.6 Å². The van der Waals surface area contributed by atoms with Crippen molar-refractivity contribution in [1.29, 1.82) is 0 Å². The maximum atomic E-state index is 13.3. The number of hydrogen-bond donors (Lipinski definition) is 2.